The van der Waals surface area contributed by atoms with Gasteiger partial charge in [0.25, 0.3) is 5.91 Å². The number of nitrogens with one attached hydrogen (secondary N) is 1. The van der Waals surface area contributed by atoms with E-state index in [2.05, 4.69) is 60.7 Å². The number of benzene rings is 3. The van der Waals surface area contributed by atoms with E-state index in [1.165, 1.54) is 12.7 Å². The lowest BCUT2D eigenvalue weighted by atomic mass is 10.0. The van der Waals surface area contributed by atoms with Gasteiger partial charge in [-0.05, 0) is 28.2 Å². The number of hydrogen-bond donors (Lipinski definition) is 1. The zero-order valence-corrected chi connectivity index (χ0v) is 23.9. The van der Waals surface area contributed by atoms with Crippen molar-refractivity contribution < 1.29 is 23.7 Å². The largest absolute Gasteiger partial charge is 0.467 e. The third-order valence-corrected chi connectivity index (χ3v) is 7.05. The number of anilines is 2. The highest BCUT2D eigenvalue weighted by Crippen LogP contribution is 2.37. The average Bonchev–Trinajstić information content (AvgIpc) is 3.61. The van der Waals surface area contributed by atoms with Crippen molar-refractivity contribution in [1.29, 1.82) is 0 Å². The monoisotopic (exact) mass is 556 g/mol. The molecule has 5 rings (SSSR count). The molecule has 214 valence electrons. The van der Waals surface area contributed by atoms with Gasteiger partial charge in [0.2, 0.25) is 0 Å². The predicted octanol–water partition coefficient (Wildman–Crippen LogP) is 5.92. The number of amides is 1. The van der Waals surface area contributed by atoms with Crippen molar-refractivity contribution in [2.24, 2.45) is 0 Å². The van der Waals surface area contributed by atoms with Crippen LogP contribution in [0.5, 0.6) is 11.5 Å². The summed E-state index contributed by atoms with van der Waals surface area (Å²) in [5, 5.41) is 7.99. The van der Waals surface area contributed by atoms with Crippen molar-refractivity contribution in [2.45, 2.75) is 39.4 Å². The fourth-order valence-electron chi connectivity index (χ4n) is 4.87. The van der Waals surface area contributed by atoms with Gasteiger partial charge >= 0.3 is 0 Å². The highest BCUT2D eigenvalue weighted by Gasteiger charge is 2.29. The van der Waals surface area contributed by atoms with Gasteiger partial charge in [-0.1, -0.05) is 62.4 Å². The lowest BCUT2D eigenvalue weighted by Gasteiger charge is -2.22. The van der Waals surface area contributed by atoms with Gasteiger partial charge in [0.15, 0.2) is 13.6 Å². The van der Waals surface area contributed by atoms with Gasteiger partial charge in [-0.3, -0.25) is 4.79 Å². The van der Waals surface area contributed by atoms with E-state index in [1.807, 2.05) is 27.8 Å². The normalized spacial score (nSPS) is 12.5. The smallest absolute Gasteiger partial charge is 0.260 e. The molecular formula is C32H36N4O5. The Morgan fingerprint density at radius 1 is 0.927 bits per heavy atom. The summed E-state index contributed by atoms with van der Waals surface area (Å²) in [4.78, 5) is 15.9. The van der Waals surface area contributed by atoms with Crippen LogP contribution in [0.1, 0.15) is 52.4 Å². The van der Waals surface area contributed by atoms with Crippen molar-refractivity contribution in [2.75, 3.05) is 33.1 Å². The quantitative estimate of drug-likeness (QED) is 0.217. The van der Waals surface area contributed by atoms with Crippen molar-refractivity contribution in [3.05, 3.63) is 101 Å². The molecule has 0 radical (unpaired) electrons. The molecule has 2 heterocycles. The molecule has 0 unspecified atom stereocenters. The van der Waals surface area contributed by atoms with Crippen molar-refractivity contribution in [3.8, 4) is 11.5 Å². The molecule has 0 saturated heterocycles. The van der Waals surface area contributed by atoms with Gasteiger partial charge in [0.05, 0.1) is 18.4 Å². The van der Waals surface area contributed by atoms with Crippen LogP contribution in [0.25, 0.3) is 0 Å². The maximum atomic E-state index is 14.1. The summed E-state index contributed by atoms with van der Waals surface area (Å²) in [6.45, 7) is 5.97. The standard InChI is InChI=1S/C32H36N4O5/c1-22(2)24-11-9-23(10-12-24)17-36-30(13-14-33-36)34-28-15-27(40-20-38-3)16-29(41-21-39-4)31(28)32(37)35-18-25-7-5-6-8-26(25)19-35/h5-16,22,34H,17-21H2,1-4H3. The summed E-state index contributed by atoms with van der Waals surface area (Å²) >= 11 is 0. The molecule has 4 aromatic rings. The molecule has 1 aliphatic heterocycles. The Hall–Kier alpha value is -4.34. The van der Waals surface area contributed by atoms with Gasteiger partial charge in [0.1, 0.15) is 22.9 Å². The fraction of sp³-hybridized carbons (Fsp3) is 0.312. The number of nitrogens with zero attached hydrogens (tertiary/aromatic N) is 3. The SMILES string of the molecule is COCOc1cc(Nc2ccnn2Cc2ccc(C(C)C)cc2)c(C(=O)N2Cc3ccccc3C2)c(OCOC)c1. The number of aromatic nitrogens is 2. The zero-order chi connectivity index (χ0) is 28.8. The maximum absolute atomic E-state index is 14.1. The molecule has 0 atom stereocenters. The minimum Gasteiger partial charge on any atom is -0.467 e. The van der Waals surface area contributed by atoms with E-state index in [0.717, 1.165) is 22.5 Å². The number of hydrogen-bond acceptors (Lipinski definition) is 7. The summed E-state index contributed by atoms with van der Waals surface area (Å²) in [7, 11) is 3.09. The Kier molecular flexibility index (Phi) is 8.86. The molecule has 1 N–H and O–H groups in total. The van der Waals surface area contributed by atoms with E-state index in [-0.39, 0.29) is 19.5 Å². The summed E-state index contributed by atoms with van der Waals surface area (Å²) in [5.74, 6) is 1.85. The number of carbonyl (C=O) groups is 1. The van der Waals surface area contributed by atoms with Gasteiger partial charge in [0, 0.05) is 45.5 Å². The molecule has 1 aromatic heterocycles. The first-order chi connectivity index (χ1) is 20.0. The first-order valence-electron chi connectivity index (χ1n) is 13.6. The van der Waals surface area contributed by atoms with Crippen LogP contribution in [0.3, 0.4) is 0 Å². The first-order valence-corrected chi connectivity index (χ1v) is 13.6. The van der Waals surface area contributed by atoms with Crippen LogP contribution in [0.4, 0.5) is 11.5 Å². The molecule has 1 aliphatic rings. The van der Waals surface area contributed by atoms with Crippen LogP contribution in [0.15, 0.2) is 72.9 Å². The van der Waals surface area contributed by atoms with Crippen LogP contribution in [0, 0.1) is 0 Å². The Labute approximate surface area is 240 Å². The maximum Gasteiger partial charge on any atom is 0.260 e. The van der Waals surface area contributed by atoms with E-state index >= 15 is 0 Å². The summed E-state index contributed by atoms with van der Waals surface area (Å²) in [5.41, 5.74) is 5.59. The second-order valence-electron chi connectivity index (χ2n) is 10.3. The number of rotatable bonds is 12. The second kappa shape index (κ2) is 12.9. The number of methoxy groups -OCH3 is 2. The van der Waals surface area contributed by atoms with E-state index in [4.69, 9.17) is 18.9 Å². The van der Waals surface area contributed by atoms with E-state index in [9.17, 15) is 4.79 Å². The van der Waals surface area contributed by atoms with Gasteiger partial charge < -0.3 is 29.2 Å². The highest BCUT2D eigenvalue weighted by atomic mass is 16.7. The molecule has 0 aliphatic carbocycles. The molecule has 0 bridgehead atoms. The Bertz CT molecular complexity index is 1460. The Balaban J connectivity index is 1.49. The average molecular weight is 557 g/mol. The van der Waals surface area contributed by atoms with Crippen molar-refractivity contribution >= 4 is 17.4 Å². The summed E-state index contributed by atoms with van der Waals surface area (Å²) in [6.07, 6.45) is 1.73. The zero-order valence-electron chi connectivity index (χ0n) is 23.9. The van der Waals surface area contributed by atoms with Crippen LogP contribution >= 0.6 is 0 Å². The molecule has 0 spiro atoms. The minimum absolute atomic E-state index is 0.0298. The summed E-state index contributed by atoms with van der Waals surface area (Å²) < 4.78 is 23.9. The number of ether oxygens (including phenoxy) is 4. The van der Waals surface area contributed by atoms with Crippen molar-refractivity contribution in [1.82, 2.24) is 14.7 Å². The van der Waals surface area contributed by atoms with Crippen LogP contribution in [-0.4, -0.2) is 48.4 Å². The lowest BCUT2D eigenvalue weighted by molar-refractivity contribution is 0.0450. The fourth-order valence-corrected chi connectivity index (χ4v) is 4.87. The lowest BCUT2D eigenvalue weighted by Crippen LogP contribution is -2.27. The predicted molar refractivity (Wildman–Crippen MR) is 157 cm³/mol. The molecule has 9 nitrogen and oxygen atoms in total. The van der Waals surface area contributed by atoms with E-state index < -0.39 is 0 Å². The minimum atomic E-state index is -0.163. The molecule has 0 fully saturated rings. The topological polar surface area (TPSA) is 87.1 Å². The molecule has 1 amide bonds. The third-order valence-electron chi connectivity index (χ3n) is 7.05. The van der Waals surface area contributed by atoms with E-state index in [1.54, 1.807) is 25.4 Å². The van der Waals surface area contributed by atoms with E-state index in [0.29, 0.717) is 48.3 Å². The van der Waals surface area contributed by atoms with Gasteiger partial charge in [-0.15, -0.1) is 0 Å². The highest BCUT2D eigenvalue weighted by molar-refractivity contribution is 6.03. The molecular weight excluding hydrogens is 520 g/mol. The van der Waals surface area contributed by atoms with Gasteiger partial charge in [-0.25, -0.2) is 4.68 Å². The van der Waals surface area contributed by atoms with Crippen LogP contribution in [0.2, 0.25) is 0 Å². The van der Waals surface area contributed by atoms with Crippen LogP contribution in [-0.2, 0) is 29.1 Å². The van der Waals surface area contributed by atoms with Crippen LogP contribution < -0.4 is 14.8 Å². The summed E-state index contributed by atoms with van der Waals surface area (Å²) in [6, 6.07) is 22.0. The number of carbonyl (C=O) groups excluding carboxylic acids is 1. The Morgan fingerprint density at radius 2 is 1.61 bits per heavy atom. The molecule has 0 saturated carbocycles. The molecule has 9 heteroatoms. The first kappa shape index (κ1) is 28.2. The Morgan fingerprint density at radius 3 is 2.27 bits per heavy atom. The number of fused-ring (bicyclic) bond motifs is 1. The second-order valence-corrected chi connectivity index (χ2v) is 10.3. The third kappa shape index (κ3) is 6.53. The van der Waals surface area contributed by atoms with Gasteiger partial charge in [-0.2, -0.15) is 5.10 Å². The molecule has 41 heavy (non-hydrogen) atoms. The van der Waals surface area contributed by atoms with Crippen molar-refractivity contribution in [3.63, 3.8) is 0 Å². The molecule has 3 aromatic carbocycles.